The van der Waals surface area contributed by atoms with E-state index in [0.29, 0.717) is 25.1 Å². The van der Waals surface area contributed by atoms with E-state index in [4.69, 9.17) is 17.2 Å². The Morgan fingerprint density at radius 1 is 0.862 bits per heavy atom. The number of Topliss-reactive ketones (excluding diaryl/α,β-unsaturated/α-hetero) is 1. The Kier molecular flexibility index (Phi) is 15.3. The Morgan fingerprint density at radius 3 is 2.31 bits per heavy atom. The molecule has 0 saturated carbocycles. The lowest BCUT2D eigenvalue weighted by molar-refractivity contribution is -0.133. The number of rotatable bonds is 21. The van der Waals surface area contributed by atoms with Crippen molar-refractivity contribution < 1.29 is 28.8 Å². The van der Waals surface area contributed by atoms with Crippen LogP contribution in [0.1, 0.15) is 49.4 Å². The maximum atomic E-state index is 14.2. The maximum Gasteiger partial charge on any atom is 0.339 e. The number of nitrogens with one attached hydrogen (secondary N) is 5. The van der Waals surface area contributed by atoms with Gasteiger partial charge in [0.1, 0.15) is 12.1 Å². The molecule has 3 heterocycles. The predicted molar refractivity (Wildman–Crippen MR) is 217 cm³/mol. The number of hydrogen-bond donors (Lipinski definition) is 8. The van der Waals surface area contributed by atoms with Crippen molar-refractivity contribution >= 4 is 46.3 Å². The number of aromatic nitrogens is 3. The smallest absolute Gasteiger partial charge is 0.339 e. The van der Waals surface area contributed by atoms with Gasteiger partial charge in [0.15, 0.2) is 5.78 Å². The van der Waals surface area contributed by atoms with Crippen molar-refractivity contribution in [3.8, 4) is 0 Å². The van der Waals surface area contributed by atoms with Crippen LogP contribution in [0.4, 0.5) is 4.79 Å². The molecule has 0 saturated heterocycles. The summed E-state index contributed by atoms with van der Waals surface area (Å²) in [7, 11) is 0. The summed E-state index contributed by atoms with van der Waals surface area (Å²) in [4.78, 5) is 92.8. The Hall–Kier alpha value is -6.33. The molecule has 58 heavy (non-hydrogen) atoms. The molecule has 1 aliphatic heterocycles. The summed E-state index contributed by atoms with van der Waals surface area (Å²) in [6.07, 6.45) is 9.87. The van der Waals surface area contributed by atoms with Gasteiger partial charge in [-0.3, -0.25) is 29.4 Å². The number of H-pyrrole nitrogens is 2. The molecule has 4 aromatic rings. The third kappa shape index (κ3) is 11.6. The molecule has 17 heteroatoms. The first-order valence-electron chi connectivity index (χ1n) is 19.4. The molecule has 2 aromatic heterocycles. The van der Waals surface area contributed by atoms with E-state index in [1.165, 1.54) is 11.2 Å². The van der Waals surface area contributed by atoms with Gasteiger partial charge in [-0.25, -0.2) is 14.8 Å². The van der Waals surface area contributed by atoms with Gasteiger partial charge in [0, 0.05) is 67.1 Å². The summed E-state index contributed by atoms with van der Waals surface area (Å²) in [5.41, 5.74) is 23.2. The van der Waals surface area contributed by atoms with Crippen LogP contribution in [0, 0.1) is 5.92 Å². The number of benzene rings is 2. The molecule has 11 N–H and O–H groups in total. The minimum atomic E-state index is -1.08. The molecule has 0 bridgehead atoms. The van der Waals surface area contributed by atoms with Gasteiger partial charge in [0.2, 0.25) is 23.6 Å². The lowest BCUT2D eigenvalue weighted by atomic mass is 9.94. The molecule has 0 spiro atoms. The normalized spacial score (nSPS) is 15.5. The van der Waals surface area contributed by atoms with Crippen LogP contribution in [0.5, 0.6) is 0 Å². The third-order valence-corrected chi connectivity index (χ3v) is 10.1. The lowest BCUT2D eigenvalue weighted by Gasteiger charge is -2.34. The first-order chi connectivity index (χ1) is 27.9. The van der Waals surface area contributed by atoms with Crippen LogP contribution in [-0.4, -0.2) is 104 Å². The Balaban J connectivity index is 1.29. The standard InChI is InChI=1S/C41H53N11O6/c1-26(19-36(53)34(21-28-23-46-32-14-6-5-13-30(28)32)49-39(56)31(43)22-29-24-45-25-47-29)38(55)50-52-18-10-9-17-51(41(52)58)35(20-27-11-3-2-4-12-27)40(57)48-33(37(44)54)15-7-8-16-42/h2-6,9-14,23-26,31,33-35,46H,7-8,15-22,42-43H2,1H3,(H2,44,54)(H,45,47)(H,48,57)(H,49,56)(H,50,55)/t26-,31+,33+,34-,35-/m1/s1. The van der Waals surface area contributed by atoms with Crippen molar-refractivity contribution in [3.05, 3.63) is 102 Å². The van der Waals surface area contributed by atoms with Gasteiger partial charge in [-0.1, -0.05) is 67.6 Å². The van der Waals surface area contributed by atoms with E-state index in [-0.39, 0.29) is 45.2 Å². The number of primary amides is 1. The molecular formula is C41H53N11O6. The minimum Gasteiger partial charge on any atom is -0.368 e. The highest BCUT2D eigenvalue weighted by Gasteiger charge is 2.36. The largest absolute Gasteiger partial charge is 0.368 e. The lowest BCUT2D eigenvalue weighted by Crippen LogP contribution is -2.59. The van der Waals surface area contributed by atoms with Crippen molar-refractivity contribution in [2.24, 2.45) is 23.1 Å². The molecule has 1 aliphatic rings. The number of carbonyl (C=O) groups is 6. The summed E-state index contributed by atoms with van der Waals surface area (Å²) in [6, 6.07) is 12.0. The monoisotopic (exact) mass is 795 g/mol. The number of aromatic amines is 2. The summed E-state index contributed by atoms with van der Waals surface area (Å²) in [6.45, 7) is 2.00. The minimum absolute atomic E-state index is 0.0160. The van der Waals surface area contributed by atoms with Gasteiger partial charge in [-0.15, -0.1) is 0 Å². The van der Waals surface area contributed by atoms with Gasteiger partial charge in [-0.05, 0) is 43.0 Å². The second kappa shape index (κ2) is 20.7. The van der Waals surface area contributed by atoms with Crippen LogP contribution < -0.4 is 33.3 Å². The number of nitrogens with zero attached hydrogens (tertiary/aromatic N) is 3. The molecule has 5 atom stereocenters. The number of amides is 6. The van der Waals surface area contributed by atoms with Gasteiger partial charge in [-0.2, -0.15) is 0 Å². The van der Waals surface area contributed by atoms with Gasteiger partial charge >= 0.3 is 6.03 Å². The van der Waals surface area contributed by atoms with Gasteiger partial charge in [0.25, 0.3) is 0 Å². The maximum absolute atomic E-state index is 14.2. The fourth-order valence-electron chi connectivity index (χ4n) is 6.81. The second-order valence-electron chi connectivity index (χ2n) is 14.5. The van der Waals surface area contributed by atoms with Gasteiger partial charge in [0.05, 0.1) is 25.0 Å². The number of carbonyl (C=O) groups excluding carboxylic acids is 6. The topological polar surface area (TPSA) is 268 Å². The fraction of sp³-hybridized carbons (Fsp3) is 0.390. The molecule has 0 unspecified atom stereocenters. The molecule has 2 aromatic carbocycles. The number of hydrogen-bond acceptors (Lipinski definition) is 9. The number of fused-ring (bicyclic) bond motifs is 1. The molecule has 0 fully saturated rings. The molecule has 17 nitrogen and oxygen atoms in total. The van der Waals surface area contributed by atoms with E-state index >= 15 is 0 Å². The van der Waals surface area contributed by atoms with Crippen molar-refractivity contribution in [1.82, 2.24) is 40.9 Å². The number of ketones is 1. The van der Waals surface area contributed by atoms with Crippen molar-refractivity contribution in [3.63, 3.8) is 0 Å². The number of imidazole rings is 1. The van der Waals surface area contributed by atoms with E-state index in [0.717, 1.165) is 27.0 Å². The molecule has 0 aliphatic carbocycles. The first-order valence-corrected chi connectivity index (χ1v) is 19.4. The van der Waals surface area contributed by atoms with Crippen molar-refractivity contribution in [1.29, 1.82) is 0 Å². The quantitative estimate of drug-likeness (QED) is 0.0443. The molecular weight excluding hydrogens is 743 g/mol. The molecule has 308 valence electrons. The van der Waals surface area contributed by atoms with E-state index in [9.17, 15) is 28.8 Å². The highest BCUT2D eigenvalue weighted by atomic mass is 16.2. The summed E-state index contributed by atoms with van der Waals surface area (Å²) in [5, 5.41) is 7.52. The Bertz CT molecular complexity index is 2050. The van der Waals surface area contributed by atoms with Crippen LogP contribution in [-0.2, 0) is 43.2 Å². The zero-order valence-electron chi connectivity index (χ0n) is 32.6. The highest BCUT2D eigenvalue weighted by Crippen LogP contribution is 2.21. The molecule has 0 radical (unpaired) electrons. The second-order valence-corrected chi connectivity index (χ2v) is 14.5. The number of hydrazine groups is 1. The Labute approximate surface area is 336 Å². The zero-order chi connectivity index (χ0) is 41.6. The highest BCUT2D eigenvalue weighted by molar-refractivity contribution is 5.95. The van der Waals surface area contributed by atoms with Crippen LogP contribution in [0.15, 0.2) is 85.5 Å². The summed E-state index contributed by atoms with van der Waals surface area (Å²) in [5.74, 6) is -3.80. The van der Waals surface area contributed by atoms with Crippen LogP contribution in [0.3, 0.4) is 0 Å². The van der Waals surface area contributed by atoms with Crippen molar-refractivity contribution in [2.45, 2.75) is 76.0 Å². The zero-order valence-corrected chi connectivity index (χ0v) is 32.6. The summed E-state index contributed by atoms with van der Waals surface area (Å²) >= 11 is 0. The average Bonchev–Trinajstić information content (AvgIpc) is 3.84. The first kappa shape index (κ1) is 42.8. The average molecular weight is 796 g/mol. The number of nitrogens with two attached hydrogens (primary N) is 3. The predicted octanol–water partition coefficient (Wildman–Crippen LogP) is 1.12. The van der Waals surface area contributed by atoms with E-state index in [1.807, 2.05) is 54.6 Å². The number of unbranched alkanes of at least 4 members (excludes halogenated alkanes) is 1. The van der Waals surface area contributed by atoms with E-state index in [2.05, 4.69) is 31.0 Å². The Morgan fingerprint density at radius 2 is 1.59 bits per heavy atom. The SMILES string of the molecule is C[C@H](CC(=O)[C@@H](Cc1c[nH]c2ccccc12)NC(=O)[C@@H](N)Cc1cnc[nH]1)C(=O)NN1CC=CCN([C@H](Cc2ccccc2)C(=O)N[C@@H](CCCCN)C(N)=O)C1=O. The number of para-hydroxylation sites is 1. The van der Waals surface area contributed by atoms with Crippen LogP contribution in [0.25, 0.3) is 10.9 Å². The van der Waals surface area contributed by atoms with Gasteiger partial charge < -0.3 is 42.7 Å². The van der Waals surface area contributed by atoms with Crippen LogP contribution >= 0.6 is 0 Å². The van der Waals surface area contributed by atoms with Crippen LogP contribution in [0.2, 0.25) is 0 Å². The molecule has 5 rings (SSSR count). The van der Waals surface area contributed by atoms with E-state index in [1.54, 1.807) is 31.5 Å². The summed E-state index contributed by atoms with van der Waals surface area (Å²) < 4.78 is 0. The third-order valence-electron chi connectivity index (χ3n) is 10.1. The molecule has 6 amide bonds. The van der Waals surface area contributed by atoms with Crippen molar-refractivity contribution in [2.75, 3.05) is 19.6 Å². The fourth-order valence-corrected chi connectivity index (χ4v) is 6.81. The number of urea groups is 1. The van der Waals surface area contributed by atoms with E-state index < -0.39 is 65.5 Å².